The van der Waals surface area contributed by atoms with Gasteiger partial charge in [-0.2, -0.15) is 0 Å². The highest BCUT2D eigenvalue weighted by Crippen LogP contribution is 2.26. The highest BCUT2D eigenvalue weighted by atomic mass is 16.2. The van der Waals surface area contributed by atoms with Crippen molar-refractivity contribution in [2.45, 2.75) is 25.6 Å². The fourth-order valence-electron chi connectivity index (χ4n) is 2.61. The number of anilines is 1. The summed E-state index contributed by atoms with van der Waals surface area (Å²) < 4.78 is 0. The van der Waals surface area contributed by atoms with Gasteiger partial charge < -0.3 is 15.5 Å². The van der Waals surface area contributed by atoms with Crippen LogP contribution in [0.2, 0.25) is 0 Å². The van der Waals surface area contributed by atoms with E-state index in [1.165, 1.54) is 11.1 Å². The zero-order chi connectivity index (χ0) is 11.8. The van der Waals surface area contributed by atoms with Gasteiger partial charge in [0, 0.05) is 32.4 Å². The predicted octanol–water partition coefficient (Wildman–Crippen LogP) is 0.932. The van der Waals surface area contributed by atoms with E-state index in [1.54, 1.807) is 4.90 Å². The van der Waals surface area contributed by atoms with Crippen LogP contribution in [0.1, 0.15) is 17.5 Å². The van der Waals surface area contributed by atoms with Crippen LogP contribution < -0.4 is 10.6 Å². The van der Waals surface area contributed by atoms with Gasteiger partial charge in [-0.05, 0) is 23.6 Å². The van der Waals surface area contributed by atoms with E-state index in [0.717, 1.165) is 31.7 Å². The topological polar surface area (TPSA) is 44.4 Å². The lowest BCUT2D eigenvalue weighted by atomic mass is 10.1. The number of nitrogens with one attached hydrogen (secondary N) is 2. The zero-order valence-corrected chi connectivity index (χ0v) is 9.99. The van der Waals surface area contributed by atoms with Crippen molar-refractivity contribution >= 4 is 11.6 Å². The second-order valence-electron chi connectivity index (χ2n) is 4.79. The van der Waals surface area contributed by atoms with Crippen molar-refractivity contribution in [2.75, 3.05) is 18.9 Å². The molecule has 1 aromatic rings. The van der Waals surface area contributed by atoms with Crippen LogP contribution in [0.3, 0.4) is 0 Å². The Balaban J connectivity index is 1.82. The van der Waals surface area contributed by atoms with Gasteiger partial charge in [-0.15, -0.1) is 0 Å². The number of hydrogen-bond donors (Lipinski definition) is 2. The van der Waals surface area contributed by atoms with E-state index in [4.69, 9.17) is 0 Å². The van der Waals surface area contributed by atoms with Crippen LogP contribution in [0.5, 0.6) is 0 Å². The second-order valence-corrected chi connectivity index (χ2v) is 4.79. The molecule has 2 aliphatic heterocycles. The summed E-state index contributed by atoms with van der Waals surface area (Å²) in [6.07, 6.45) is 0.895. The lowest BCUT2D eigenvalue weighted by Crippen LogP contribution is -2.31. The smallest absolute Gasteiger partial charge is 0.244 e. The van der Waals surface area contributed by atoms with Crippen molar-refractivity contribution in [3.63, 3.8) is 0 Å². The molecule has 0 saturated carbocycles. The first-order chi connectivity index (χ1) is 8.25. The lowest BCUT2D eigenvalue weighted by Gasteiger charge is -2.16. The molecule has 0 aliphatic carbocycles. The summed E-state index contributed by atoms with van der Waals surface area (Å²) in [5.74, 6) is 0.202. The number of hydrogen-bond acceptors (Lipinski definition) is 3. The normalized spacial score (nSPS) is 23.0. The number of benzene rings is 1. The average Bonchev–Trinajstić information content (AvgIpc) is 2.91. The quantitative estimate of drug-likeness (QED) is 0.796. The molecule has 1 atom stereocenters. The fraction of sp³-hybridized carbons (Fsp3) is 0.462. The molecule has 1 saturated heterocycles. The van der Waals surface area contributed by atoms with Crippen LogP contribution in [0, 0.1) is 0 Å². The Bertz CT molecular complexity index is 458. The van der Waals surface area contributed by atoms with Crippen LogP contribution in [-0.2, 0) is 17.9 Å². The van der Waals surface area contributed by atoms with Crippen LogP contribution in [0.25, 0.3) is 0 Å². The lowest BCUT2D eigenvalue weighted by molar-refractivity contribution is -0.127. The third kappa shape index (κ3) is 1.78. The first-order valence-corrected chi connectivity index (χ1v) is 6.09. The van der Waals surface area contributed by atoms with Gasteiger partial charge in [0.2, 0.25) is 5.91 Å². The number of carbonyl (C=O) groups excluding carboxylic acids is 1. The summed E-state index contributed by atoms with van der Waals surface area (Å²) in [5, 5.41) is 6.73. The van der Waals surface area contributed by atoms with Gasteiger partial charge in [-0.3, -0.25) is 4.79 Å². The van der Waals surface area contributed by atoms with E-state index in [9.17, 15) is 4.79 Å². The number of amides is 1. The SMILES string of the molecule is CN1CC[C@H](Nc2cccc3c2CNC3)C1=O. The Morgan fingerprint density at radius 3 is 3.06 bits per heavy atom. The molecule has 0 spiro atoms. The van der Waals surface area contributed by atoms with Gasteiger partial charge >= 0.3 is 0 Å². The molecule has 17 heavy (non-hydrogen) atoms. The Labute approximate surface area is 101 Å². The molecule has 4 heteroatoms. The van der Waals surface area contributed by atoms with E-state index >= 15 is 0 Å². The van der Waals surface area contributed by atoms with Crippen molar-refractivity contribution in [2.24, 2.45) is 0 Å². The monoisotopic (exact) mass is 231 g/mol. The molecule has 3 rings (SSSR count). The molecule has 1 fully saturated rings. The van der Waals surface area contributed by atoms with E-state index in [2.05, 4.69) is 28.8 Å². The third-order valence-corrected chi connectivity index (χ3v) is 3.65. The van der Waals surface area contributed by atoms with Crippen molar-refractivity contribution in [3.05, 3.63) is 29.3 Å². The molecule has 1 aromatic carbocycles. The minimum absolute atomic E-state index is 0.0490. The summed E-state index contributed by atoms with van der Waals surface area (Å²) in [6, 6.07) is 6.21. The number of carbonyl (C=O) groups is 1. The van der Waals surface area contributed by atoms with Crippen LogP contribution >= 0.6 is 0 Å². The second kappa shape index (κ2) is 4.04. The Morgan fingerprint density at radius 1 is 1.41 bits per heavy atom. The van der Waals surface area contributed by atoms with E-state index in [-0.39, 0.29) is 11.9 Å². The van der Waals surface area contributed by atoms with Gasteiger partial charge in [-0.25, -0.2) is 0 Å². The Kier molecular flexibility index (Phi) is 2.52. The molecule has 4 nitrogen and oxygen atoms in total. The minimum Gasteiger partial charge on any atom is -0.373 e. The molecule has 2 aliphatic rings. The number of nitrogens with zero attached hydrogens (tertiary/aromatic N) is 1. The number of likely N-dealkylation sites (tertiary alicyclic amines) is 1. The molecule has 1 amide bonds. The summed E-state index contributed by atoms with van der Waals surface area (Å²) in [4.78, 5) is 13.6. The van der Waals surface area contributed by atoms with E-state index in [1.807, 2.05) is 7.05 Å². The maximum atomic E-state index is 11.9. The Hall–Kier alpha value is -1.55. The van der Waals surface area contributed by atoms with Gasteiger partial charge in [0.1, 0.15) is 6.04 Å². The maximum absolute atomic E-state index is 11.9. The van der Waals surface area contributed by atoms with Crippen molar-refractivity contribution in [1.82, 2.24) is 10.2 Å². The molecule has 0 aromatic heterocycles. The molecule has 0 unspecified atom stereocenters. The van der Waals surface area contributed by atoms with E-state index in [0.29, 0.717) is 0 Å². The molecule has 0 bridgehead atoms. The third-order valence-electron chi connectivity index (χ3n) is 3.65. The fourth-order valence-corrected chi connectivity index (χ4v) is 2.61. The van der Waals surface area contributed by atoms with E-state index < -0.39 is 0 Å². The van der Waals surface area contributed by atoms with Gasteiger partial charge in [0.25, 0.3) is 0 Å². The highest BCUT2D eigenvalue weighted by Gasteiger charge is 2.29. The standard InChI is InChI=1S/C13H17N3O/c1-16-6-5-12(13(16)17)15-11-4-2-3-9-7-14-8-10(9)11/h2-4,12,14-15H,5-8H2,1H3/t12-/m0/s1. The summed E-state index contributed by atoms with van der Waals surface area (Å²) in [6.45, 7) is 2.68. The minimum atomic E-state index is -0.0490. The summed E-state index contributed by atoms with van der Waals surface area (Å²) in [5.41, 5.74) is 3.77. The molecule has 90 valence electrons. The first kappa shape index (κ1) is 10.6. The van der Waals surface area contributed by atoms with Crippen molar-refractivity contribution < 1.29 is 4.79 Å². The van der Waals surface area contributed by atoms with Crippen LogP contribution in [0.4, 0.5) is 5.69 Å². The van der Waals surface area contributed by atoms with Crippen LogP contribution in [-0.4, -0.2) is 30.4 Å². The van der Waals surface area contributed by atoms with Crippen molar-refractivity contribution in [3.8, 4) is 0 Å². The summed E-state index contributed by atoms with van der Waals surface area (Å²) in [7, 11) is 1.86. The van der Waals surface area contributed by atoms with Gasteiger partial charge in [-0.1, -0.05) is 12.1 Å². The molecular weight excluding hydrogens is 214 g/mol. The number of fused-ring (bicyclic) bond motifs is 1. The van der Waals surface area contributed by atoms with Crippen molar-refractivity contribution in [1.29, 1.82) is 0 Å². The summed E-state index contributed by atoms with van der Waals surface area (Å²) >= 11 is 0. The molecular formula is C13H17N3O. The Morgan fingerprint density at radius 2 is 2.29 bits per heavy atom. The molecule has 0 radical (unpaired) electrons. The van der Waals surface area contributed by atoms with Gasteiger partial charge in [0.15, 0.2) is 0 Å². The predicted molar refractivity (Wildman–Crippen MR) is 66.7 cm³/mol. The number of likely N-dealkylation sites (N-methyl/N-ethyl adjacent to an activating group) is 1. The molecule has 2 heterocycles. The largest absolute Gasteiger partial charge is 0.373 e. The average molecular weight is 231 g/mol. The zero-order valence-electron chi connectivity index (χ0n) is 9.99. The maximum Gasteiger partial charge on any atom is 0.244 e. The molecule has 2 N–H and O–H groups in total. The van der Waals surface area contributed by atoms with Gasteiger partial charge in [0.05, 0.1) is 0 Å². The first-order valence-electron chi connectivity index (χ1n) is 6.09. The van der Waals surface area contributed by atoms with Crippen LogP contribution in [0.15, 0.2) is 18.2 Å². The highest BCUT2D eigenvalue weighted by molar-refractivity contribution is 5.86. The number of rotatable bonds is 2.